The van der Waals surface area contributed by atoms with E-state index in [-0.39, 0.29) is 0 Å². The molecular formula is C4H5FO5. The Kier molecular flexibility index (Phi) is 2.75. The third kappa shape index (κ3) is 1.98. The third-order valence-corrected chi connectivity index (χ3v) is 0.766. The second-order valence-corrected chi connectivity index (χ2v) is 1.52. The number of aliphatic carboxylic acids is 2. The minimum Gasteiger partial charge on any atom is -0.479 e. The molecule has 0 aliphatic heterocycles. The van der Waals surface area contributed by atoms with Crippen LogP contribution in [0.25, 0.3) is 0 Å². The van der Waals surface area contributed by atoms with Crippen LogP contribution in [-0.4, -0.2) is 39.5 Å². The normalized spacial score (nSPS) is 15.8. The molecule has 0 aromatic heterocycles. The van der Waals surface area contributed by atoms with Crippen molar-refractivity contribution in [3.63, 3.8) is 0 Å². The minimum absolute atomic E-state index is 1.89. The third-order valence-electron chi connectivity index (χ3n) is 0.766. The predicted molar refractivity (Wildman–Crippen MR) is 26.2 cm³/mol. The largest absolute Gasteiger partial charge is 0.479 e. The molecule has 0 heterocycles. The number of aliphatic hydroxyl groups is 1. The predicted octanol–water partition coefficient (Wildman–Crippen LogP) is -1.15. The molecule has 0 bridgehead atoms. The molecule has 0 spiro atoms. The molecule has 5 nitrogen and oxygen atoms in total. The van der Waals surface area contributed by atoms with Gasteiger partial charge in [-0.25, -0.2) is 14.0 Å². The molecule has 0 radical (unpaired) electrons. The standard InChI is InChI=1S/C4H5FO5/c5-1(3(7)8)2(6)4(9)10/h1-2,6H,(H,7,8)(H,9,10). The van der Waals surface area contributed by atoms with E-state index in [1.807, 2.05) is 0 Å². The average Bonchev–Trinajstić information content (AvgIpc) is 1.84. The highest BCUT2D eigenvalue weighted by atomic mass is 19.1. The molecule has 0 saturated heterocycles. The zero-order chi connectivity index (χ0) is 8.31. The maximum absolute atomic E-state index is 11.9. The number of hydrogen-bond acceptors (Lipinski definition) is 3. The van der Waals surface area contributed by atoms with E-state index in [1.165, 1.54) is 0 Å². The van der Waals surface area contributed by atoms with Crippen LogP contribution in [0.2, 0.25) is 0 Å². The van der Waals surface area contributed by atoms with Crippen molar-refractivity contribution in [1.82, 2.24) is 0 Å². The smallest absolute Gasteiger partial charge is 0.341 e. The van der Waals surface area contributed by atoms with E-state index in [2.05, 4.69) is 0 Å². The number of hydrogen-bond donors (Lipinski definition) is 3. The number of rotatable bonds is 3. The van der Waals surface area contributed by atoms with Crippen LogP contribution in [-0.2, 0) is 9.59 Å². The molecular weight excluding hydrogens is 147 g/mol. The lowest BCUT2D eigenvalue weighted by atomic mass is 10.2. The monoisotopic (exact) mass is 152 g/mol. The minimum atomic E-state index is -2.77. The summed E-state index contributed by atoms with van der Waals surface area (Å²) in [5.41, 5.74) is 0. The maximum atomic E-state index is 11.9. The fraction of sp³-hybridized carbons (Fsp3) is 0.500. The summed E-state index contributed by atoms with van der Waals surface area (Å²) in [4.78, 5) is 19.3. The first-order chi connectivity index (χ1) is 4.46. The number of carboxylic acids is 2. The van der Waals surface area contributed by atoms with Gasteiger partial charge in [-0.15, -0.1) is 0 Å². The van der Waals surface area contributed by atoms with Gasteiger partial charge in [-0.05, 0) is 0 Å². The molecule has 3 N–H and O–H groups in total. The topological polar surface area (TPSA) is 94.8 Å². The summed E-state index contributed by atoms with van der Waals surface area (Å²) in [6.07, 6.45) is -5.25. The van der Waals surface area contributed by atoms with Gasteiger partial charge in [0.2, 0.25) is 6.17 Å². The fourth-order valence-electron chi connectivity index (χ4n) is 0.260. The number of carboxylic acid groups (broad SMARTS) is 2. The molecule has 0 rings (SSSR count). The Balaban J connectivity index is 4.07. The molecule has 0 aliphatic carbocycles. The Morgan fingerprint density at radius 2 is 1.60 bits per heavy atom. The number of alkyl halides is 1. The number of carbonyl (C=O) groups is 2. The summed E-state index contributed by atoms with van der Waals surface area (Å²) >= 11 is 0. The first kappa shape index (κ1) is 8.83. The molecule has 2 unspecified atom stereocenters. The van der Waals surface area contributed by atoms with Crippen molar-refractivity contribution in [1.29, 1.82) is 0 Å². The Hall–Kier alpha value is -1.17. The van der Waals surface area contributed by atoms with Crippen molar-refractivity contribution in [2.24, 2.45) is 0 Å². The molecule has 10 heavy (non-hydrogen) atoms. The molecule has 0 fully saturated rings. The van der Waals surface area contributed by atoms with Gasteiger partial charge >= 0.3 is 11.9 Å². The van der Waals surface area contributed by atoms with Crippen LogP contribution in [0.1, 0.15) is 0 Å². The maximum Gasteiger partial charge on any atom is 0.341 e. The average molecular weight is 152 g/mol. The van der Waals surface area contributed by atoms with Crippen molar-refractivity contribution in [2.45, 2.75) is 12.3 Å². The van der Waals surface area contributed by atoms with E-state index in [0.717, 1.165) is 0 Å². The molecule has 0 amide bonds. The number of halogens is 1. The van der Waals surface area contributed by atoms with Crippen LogP contribution in [0.15, 0.2) is 0 Å². The van der Waals surface area contributed by atoms with Gasteiger partial charge in [0.25, 0.3) is 0 Å². The van der Waals surface area contributed by atoms with E-state index in [4.69, 9.17) is 15.3 Å². The molecule has 6 heteroatoms. The SMILES string of the molecule is O=C(O)C(O)C(F)C(=O)O. The van der Waals surface area contributed by atoms with Crippen LogP contribution in [0.4, 0.5) is 4.39 Å². The van der Waals surface area contributed by atoms with E-state index in [0.29, 0.717) is 0 Å². The van der Waals surface area contributed by atoms with E-state index in [9.17, 15) is 14.0 Å². The Labute approximate surface area is 54.7 Å². The van der Waals surface area contributed by atoms with Gasteiger partial charge in [-0.3, -0.25) is 0 Å². The Morgan fingerprint density at radius 1 is 1.20 bits per heavy atom. The van der Waals surface area contributed by atoms with E-state index in [1.54, 1.807) is 0 Å². The Bertz CT molecular complexity index is 138. The van der Waals surface area contributed by atoms with Gasteiger partial charge in [0.1, 0.15) is 0 Å². The zero-order valence-corrected chi connectivity index (χ0v) is 4.69. The highest BCUT2D eigenvalue weighted by Crippen LogP contribution is 1.98. The van der Waals surface area contributed by atoms with Gasteiger partial charge < -0.3 is 15.3 Å². The lowest BCUT2D eigenvalue weighted by Crippen LogP contribution is -2.36. The van der Waals surface area contributed by atoms with Crippen LogP contribution in [0, 0.1) is 0 Å². The highest BCUT2D eigenvalue weighted by molar-refractivity contribution is 5.83. The summed E-state index contributed by atoms with van der Waals surface area (Å²) in [5.74, 6) is -3.88. The molecule has 2 atom stereocenters. The fourth-order valence-corrected chi connectivity index (χ4v) is 0.260. The molecule has 58 valence electrons. The summed E-state index contributed by atoms with van der Waals surface area (Å²) in [6.45, 7) is 0. The van der Waals surface area contributed by atoms with Crippen molar-refractivity contribution < 1.29 is 29.3 Å². The first-order valence-corrected chi connectivity index (χ1v) is 2.24. The molecule has 0 aromatic rings. The number of aliphatic hydroxyl groups excluding tert-OH is 1. The summed E-state index contributed by atoms with van der Waals surface area (Å²) < 4.78 is 11.9. The van der Waals surface area contributed by atoms with Crippen molar-refractivity contribution >= 4 is 11.9 Å². The zero-order valence-electron chi connectivity index (χ0n) is 4.69. The van der Waals surface area contributed by atoms with E-state index >= 15 is 0 Å². The summed E-state index contributed by atoms with van der Waals surface area (Å²) in [6, 6.07) is 0. The van der Waals surface area contributed by atoms with Crippen LogP contribution in [0.5, 0.6) is 0 Å². The van der Waals surface area contributed by atoms with E-state index < -0.39 is 24.2 Å². The van der Waals surface area contributed by atoms with Crippen molar-refractivity contribution in [3.8, 4) is 0 Å². The van der Waals surface area contributed by atoms with Crippen molar-refractivity contribution in [3.05, 3.63) is 0 Å². The summed E-state index contributed by atoms with van der Waals surface area (Å²) in [5, 5.41) is 23.9. The van der Waals surface area contributed by atoms with Crippen LogP contribution < -0.4 is 0 Å². The quantitative estimate of drug-likeness (QED) is 0.474. The van der Waals surface area contributed by atoms with Crippen LogP contribution >= 0.6 is 0 Å². The highest BCUT2D eigenvalue weighted by Gasteiger charge is 2.31. The molecule has 0 aliphatic rings. The molecule has 0 saturated carbocycles. The van der Waals surface area contributed by atoms with Gasteiger partial charge in [-0.2, -0.15) is 0 Å². The van der Waals surface area contributed by atoms with Crippen molar-refractivity contribution in [2.75, 3.05) is 0 Å². The van der Waals surface area contributed by atoms with Gasteiger partial charge in [0.15, 0.2) is 6.10 Å². The Morgan fingerprint density at radius 3 is 1.70 bits per heavy atom. The summed E-state index contributed by atoms with van der Waals surface area (Å²) in [7, 11) is 0. The molecule has 0 aromatic carbocycles. The second kappa shape index (κ2) is 3.11. The lowest BCUT2D eigenvalue weighted by molar-refractivity contribution is -0.160. The first-order valence-electron chi connectivity index (χ1n) is 2.24. The lowest BCUT2D eigenvalue weighted by Gasteiger charge is -2.04. The van der Waals surface area contributed by atoms with Gasteiger partial charge in [-0.1, -0.05) is 0 Å². The second-order valence-electron chi connectivity index (χ2n) is 1.52. The van der Waals surface area contributed by atoms with Crippen LogP contribution in [0.3, 0.4) is 0 Å². The van der Waals surface area contributed by atoms with Gasteiger partial charge in [0.05, 0.1) is 0 Å². The van der Waals surface area contributed by atoms with Gasteiger partial charge in [0, 0.05) is 0 Å².